The highest BCUT2D eigenvalue weighted by Gasteiger charge is 2.34. The van der Waals surface area contributed by atoms with Crippen LogP contribution in [0.5, 0.6) is 0 Å². The summed E-state index contributed by atoms with van der Waals surface area (Å²) < 4.78 is 53.2. The summed E-state index contributed by atoms with van der Waals surface area (Å²) in [6, 6.07) is 4.47. The number of nitrogens with one attached hydrogen (secondary N) is 2. The van der Waals surface area contributed by atoms with Crippen molar-refractivity contribution in [1.29, 1.82) is 0 Å². The molecule has 1 unspecified atom stereocenters. The zero-order valence-electron chi connectivity index (χ0n) is 22.8. The number of nitrogens with zero attached hydrogens (tertiary/aromatic N) is 2. The Kier molecular flexibility index (Phi) is 9.03. The van der Waals surface area contributed by atoms with Gasteiger partial charge >= 0.3 is 6.18 Å². The van der Waals surface area contributed by atoms with E-state index in [4.69, 9.17) is 9.47 Å². The van der Waals surface area contributed by atoms with Gasteiger partial charge in [-0.3, -0.25) is 9.59 Å². The number of hydrogen-bond donors (Lipinski definition) is 2. The van der Waals surface area contributed by atoms with Crippen LogP contribution in [0.3, 0.4) is 0 Å². The number of methoxy groups -OCH3 is 1. The van der Waals surface area contributed by atoms with Crippen molar-refractivity contribution in [2.24, 2.45) is 0 Å². The number of carbonyl (C=O) groups excluding carboxylic acids is 1. The van der Waals surface area contributed by atoms with Gasteiger partial charge in [-0.05, 0) is 63.9 Å². The number of aromatic nitrogens is 1. The quantitative estimate of drug-likeness (QED) is 0.539. The highest BCUT2D eigenvalue weighted by Crippen LogP contribution is 2.34. The van der Waals surface area contributed by atoms with Gasteiger partial charge in [-0.15, -0.1) is 0 Å². The van der Waals surface area contributed by atoms with Crippen LogP contribution in [0.4, 0.5) is 18.9 Å². The third-order valence-corrected chi connectivity index (χ3v) is 7.81. The number of halogens is 3. The summed E-state index contributed by atoms with van der Waals surface area (Å²) in [6.07, 6.45) is -1.03. The number of benzene rings is 1. The van der Waals surface area contributed by atoms with Gasteiger partial charge in [0.1, 0.15) is 0 Å². The molecule has 11 heteroatoms. The van der Waals surface area contributed by atoms with Crippen LogP contribution in [-0.4, -0.2) is 68.0 Å². The number of likely N-dealkylation sites (N-methyl/N-ethyl adjacent to an activating group) is 1. The van der Waals surface area contributed by atoms with E-state index in [0.717, 1.165) is 19.0 Å². The lowest BCUT2D eigenvalue weighted by atomic mass is 9.97. The number of ether oxygens (including phenoxy) is 2. The standard InChI is InChI=1S/C28H37F3N4O4/c1-17-20(6-5-7-22(17)28(29,30)31)18(2)32-27(37)21-15-35(19-9-12-39-13-10-19)26(36)14-24(21)33-23-8-11-34(3)16-25(23)38-4/h5-7,14-15,18-19,23,25,33H,8-13,16H2,1-4H3,(H,32,37)/t18?,23-,25-/m1/s1. The highest BCUT2D eigenvalue weighted by molar-refractivity contribution is 5.99. The van der Waals surface area contributed by atoms with E-state index in [9.17, 15) is 22.8 Å². The van der Waals surface area contributed by atoms with Crippen molar-refractivity contribution >= 4 is 11.6 Å². The number of alkyl halides is 3. The van der Waals surface area contributed by atoms with Crippen LogP contribution in [0, 0.1) is 6.92 Å². The molecule has 2 aromatic rings. The molecule has 2 aliphatic heterocycles. The first-order chi connectivity index (χ1) is 18.5. The smallest absolute Gasteiger partial charge is 0.381 e. The molecule has 0 spiro atoms. The minimum atomic E-state index is -4.49. The molecule has 1 aromatic carbocycles. The van der Waals surface area contributed by atoms with Crippen LogP contribution in [0.15, 0.2) is 35.3 Å². The second-order valence-corrected chi connectivity index (χ2v) is 10.5. The number of likely N-dealkylation sites (tertiary alicyclic amines) is 1. The molecule has 2 aliphatic rings. The monoisotopic (exact) mass is 550 g/mol. The predicted octanol–water partition coefficient (Wildman–Crippen LogP) is 4.15. The molecule has 0 saturated carbocycles. The van der Waals surface area contributed by atoms with E-state index >= 15 is 0 Å². The topological polar surface area (TPSA) is 84.8 Å². The van der Waals surface area contributed by atoms with E-state index in [2.05, 4.69) is 15.5 Å². The molecule has 0 bridgehead atoms. The minimum Gasteiger partial charge on any atom is -0.381 e. The number of rotatable bonds is 7. The predicted molar refractivity (Wildman–Crippen MR) is 142 cm³/mol. The normalized spacial score (nSPS) is 21.9. The molecular formula is C28H37F3N4O4. The van der Waals surface area contributed by atoms with Crippen LogP contribution in [0.2, 0.25) is 0 Å². The molecule has 2 N–H and O–H groups in total. The summed E-state index contributed by atoms with van der Waals surface area (Å²) in [6.45, 7) is 5.62. The molecule has 4 rings (SSSR count). The molecule has 2 fully saturated rings. The average Bonchev–Trinajstić information content (AvgIpc) is 2.89. The molecule has 214 valence electrons. The second kappa shape index (κ2) is 12.1. The fourth-order valence-electron chi connectivity index (χ4n) is 5.55. The van der Waals surface area contributed by atoms with Crippen molar-refractivity contribution in [1.82, 2.24) is 14.8 Å². The lowest BCUT2D eigenvalue weighted by Gasteiger charge is -2.37. The zero-order valence-corrected chi connectivity index (χ0v) is 22.8. The average molecular weight is 551 g/mol. The maximum Gasteiger partial charge on any atom is 0.416 e. The molecule has 3 heterocycles. The van der Waals surface area contributed by atoms with Crippen LogP contribution >= 0.6 is 0 Å². The Hall–Kier alpha value is -2.89. The van der Waals surface area contributed by atoms with E-state index in [0.29, 0.717) is 43.9 Å². The molecule has 1 aromatic heterocycles. The first-order valence-electron chi connectivity index (χ1n) is 13.3. The van der Waals surface area contributed by atoms with Crippen molar-refractivity contribution < 1.29 is 27.4 Å². The summed E-state index contributed by atoms with van der Waals surface area (Å²) >= 11 is 0. The number of pyridine rings is 1. The van der Waals surface area contributed by atoms with E-state index < -0.39 is 23.7 Å². The van der Waals surface area contributed by atoms with E-state index in [1.165, 1.54) is 19.1 Å². The fraction of sp³-hybridized carbons (Fsp3) is 0.571. The van der Waals surface area contributed by atoms with Gasteiger partial charge in [0.15, 0.2) is 0 Å². The van der Waals surface area contributed by atoms with Gasteiger partial charge in [-0.2, -0.15) is 13.2 Å². The first kappa shape index (κ1) is 29.1. The van der Waals surface area contributed by atoms with E-state index in [-0.39, 0.29) is 34.9 Å². The summed E-state index contributed by atoms with van der Waals surface area (Å²) in [5.74, 6) is -0.482. The Balaban J connectivity index is 1.67. The second-order valence-electron chi connectivity index (χ2n) is 10.5. The lowest BCUT2D eigenvalue weighted by molar-refractivity contribution is -0.138. The van der Waals surface area contributed by atoms with Gasteiger partial charge < -0.3 is 29.6 Å². The summed E-state index contributed by atoms with van der Waals surface area (Å²) in [7, 11) is 3.64. The molecule has 1 amide bonds. The third-order valence-electron chi connectivity index (χ3n) is 7.81. The molecule has 0 radical (unpaired) electrons. The van der Waals surface area contributed by atoms with Gasteiger partial charge in [0.05, 0.1) is 35.0 Å². The number of carbonyl (C=O) groups is 1. The molecule has 2 saturated heterocycles. The van der Waals surface area contributed by atoms with Crippen LogP contribution < -0.4 is 16.2 Å². The Morgan fingerprint density at radius 2 is 1.92 bits per heavy atom. The van der Waals surface area contributed by atoms with Gasteiger partial charge in [-0.25, -0.2) is 0 Å². The Bertz CT molecular complexity index is 1230. The number of hydrogen-bond acceptors (Lipinski definition) is 6. The number of anilines is 1. The first-order valence-corrected chi connectivity index (χ1v) is 13.3. The number of piperidine rings is 1. The van der Waals surface area contributed by atoms with Gasteiger partial charge in [0.2, 0.25) is 0 Å². The Morgan fingerprint density at radius 3 is 2.59 bits per heavy atom. The van der Waals surface area contributed by atoms with Crippen LogP contribution in [-0.2, 0) is 15.7 Å². The SMILES string of the molecule is CO[C@@H]1CN(C)CC[C@H]1Nc1cc(=O)n(C2CCOCC2)cc1C(=O)NC(C)c1cccc(C(F)(F)F)c1C. The molecule has 8 nitrogen and oxygen atoms in total. The Labute approximate surface area is 226 Å². The molecule has 39 heavy (non-hydrogen) atoms. The zero-order chi connectivity index (χ0) is 28.3. The minimum absolute atomic E-state index is 0.0672. The largest absolute Gasteiger partial charge is 0.416 e. The van der Waals surface area contributed by atoms with E-state index in [1.807, 2.05) is 7.05 Å². The lowest BCUT2D eigenvalue weighted by Crippen LogP contribution is -2.49. The van der Waals surface area contributed by atoms with Crippen molar-refractivity contribution in [3.63, 3.8) is 0 Å². The van der Waals surface area contributed by atoms with Gasteiger partial charge in [-0.1, -0.05) is 12.1 Å². The van der Waals surface area contributed by atoms with E-state index in [1.54, 1.807) is 30.9 Å². The van der Waals surface area contributed by atoms with Gasteiger partial charge in [0.25, 0.3) is 11.5 Å². The van der Waals surface area contributed by atoms with Crippen LogP contribution in [0.25, 0.3) is 0 Å². The summed E-state index contributed by atoms with van der Waals surface area (Å²) in [4.78, 5) is 29.0. The maximum absolute atomic E-state index is 13.7. The summed E-state index contributed by atoms with van der Waals surface area (Å²) in [5, 5.41) is 6.24. The van der Waals surface area contributed by atoms with Crippen molar-refractivity contribution in [3.05, 3.63) is 63.1 Å². The molecule has 0 aliphatic carbocycles. The Morgan fingerprint density at radius 1 is 1.21 bits per heavy atom. The van der Waals surface area contributed by atoms with Crippen molar-refractivity contribution in [2.75, 3.05) is 45.8 Å². The third kappa shape index (κ3) is 6.64. The fourth-order valence-corrected chi connectivity index (χ4v) is 5.55. The molecule has 3 atom stereocenters. The summed E-state index contributed by atoms with van der Waals surface area (Å²) in [5.41, 5.74) is 0.114. The molecular weight excluding hydrogens is 513 g/mol. The number of amides is 1. The highest BCUT2D eigenvalue weighted by atomic mass is 19.4. The maximum atomic E-state index is 13.7. The van der Waals surface area contributed by atoms with Crippen molar-refractivity contribution in [3.8, 4) is 0 Å². The van der Waals surface area contributed by atoms with Crippen molar-refractivity contribution in [2.45, 2.75) is 63.5 Å². The van der Waals surface area contributed by atoms with Crippen LogP contribution in [0.1, 0.15) is 65.3 Å². The van der Waals surface area contributed by atoms with Gasteiger partial charge in [0, 0.05) is 45.2 Å².